The van der Waals surface area contributed by atoms with Crippen molar-refractivity contribution >= 4 is 11.6 Å². The van der Waals surface area contributed by atoms with Crippen LogP contribution in [-0.4, -0.2) is 18.6 Å². The smallest absolute Gasteiger partial charge is 0.217 e. The minimum absolute atomic E-state index is 0.0123. The maximum Gasteiger partial charge on any atom is 0.217 e. The molecule has 4 heteroatoms. The first-order chi connectivity index (χ1) is 5.90. The molecule has 1 aliphatic rings. The molecule has 66 valence electrons. The number of ether oxygens (including phenoxy) is 2. The van der Waals surface area contributed by atoms with Crippen LogP contribution in [0, 0.1) is 0 Å². The van der Waals surface area contributed by atoms with E-state index in [2.05, 4.69) is 0 Å². The van der Waals surface area contributed by atoms with Gasteiger partial charge in [-0.05, 0) is 12.1 Å². The first-order valence-electron chi connectivity index (χ1n) is 3.76. The van der Waals surface area contributed by atoms with Crippen LogP contribution in [0.15, 0.2) is 22.8 Å². The molecule has 0 saturated carbocycles. The Kier molecular flexibility index (Phi) is 2.35. The standard InChI is InChI=1S/C8H9ClO3/c9-4-6-5-11-8(12-6)7-2-1-3-10-7/h1-3,6,8H,4-5H2/t6-,8+/m0/s1. The van der Waals surface area contributed by atoms with E-state index < -0.39 is 0 Å². The lowest BCUT2D eigenvalue weighted by Gasteiger charge is -2.05. The fraction of sp³-hybridized carbons (Fsp3) is 0.500. The molecule has 12 heavy (non-hydrogen) atoms. The Bertz CT molecular complexity index is 234. The van der Waals surface area contributed by atoms with Crippen molar-refractivity contribution in [2.75, 3.05) is 12.5 Å². The van der Waals surface area contributed by atoms with Crippen LogP contribution < -0.4 is 0 Å². The zero-order valence-electron chi connectivity index (χ0n) is 6.40. The van der Waals surface area contributed by atoms with E-state index >= 15 is 0 Å². The molecule has 0 bridgehead atoms. The molecule has 1 fully saturated rings. The van der Waals surface area contributed by atoms with Gasteiger partial charge in [0, 0.05) is 0 Å². The zero-order valence-corrected chi connectivity index (χ0v) is 7.16. The van der Waals surface area contributed by atoms with Gasteiger partial charge in [-0.2, -0.15) is 0 Å². The highest BCUT2D eigenvalue weighted by atomic mass is 35.5. The first kappa shape index (κ1) is 8.10. The van der Waals surface area contributed by atoms with E-state index in [1.807, 2.05) is 6.07 Å². The monoisotopic (exact) mass is 188 g/mol. The molecule has 2 heterocycles. The molecule has 1 saturated heterocycles. The van der Waals surface area contributed by atoms with Gasteiger partial charge in [0.25, 0.3) is 0 Å². The first-order valence-corrected chi connectivity index (χ1v) is 4.30. The Hall–Kier alpha value is -0.510. The van der Waals surface area contributed by atoms with Crippen molar-refractivity contribution in [2.45, 2.75) is 12.4 Å². The van der Waals surface area contributed by atoms with Gasteiger partial charge in [0.2, 0.25) is 6.29 Å². The molecule has 0 spiro atoms. The van der Waals surface area contributed by atoms with E-state index in [4.69, 9.17) is 25.5 Å². The summed E-state index contributed by atoms with van der Waals surface area (Å²) < 4.78 is 15.8. The van der Waals surface area contributed by atoms with Gasteiger partial charge in [-0.25, -0.2) is 0 Å². The minimum atomic E-state index is -0.372. The summed E-state index contributed by atoms with van der Waals surface area (Å²) in [6, 6.07) is 3.62. The number of alkyl halides is 1. The van der Waals surface area contributed by atoms with Crippen LogP contribution in [-0.2, 0) is 9.47 Å². The molecule has 0 aliphatic carbocycles. The maximum absolute atomic E-state index is 5.60. The van der Waals surface area contributed by atoms with E-state index in [-0.39, 0.29) is 12.4 Å². The summed E-state index contributed by atoms with van der Waals surface area (Å²) in [5, 5.41) is 0. The van der Waals surface area contributed by atoms with Crippen molar-refractivity contribution in [3.63, 3.8) is 0 Å². The fourth-order valence-electron chi connectivity index (χ4n) is 1.10. The normalized spacial score (nSPS) is 29.4. The van der Waals surface area contributed by atoms with E-state index in [0.717, 1.165) is 0 Å². The molecule has 1 aromatic rings. The second kappa shape index (κ2) is 3.47. The molecular formula is C8H9ClO3. The third-order valence-electron chi connectivity index (χ3n) is 1.70. The number of hydrogen-bond donors (Lipinski definition) is 0. The predicted octanol–water partition coefficient (Wildman–Crippen LogP) is 1.93. The molecule has 1 aliphatic heterocycles. The number of furan rings is 1. The second-order valence-electron chi connectivity index (χ2n) is 2.59. The summed E-state index contributed by atoms with van der Waals surface area (Å²) in [5.41, 5.74) is 0. The van der Waals surface area contributed by atoms with Gasteiger partial charge in [-0.15, -0.1) is 11.6 Å². The summed E-state index contributed by atoms with van der Waals surface area (Å²) in [7, 11) is 0. The molecule has 0 aromatic carbocycles. The predicted molar refractivity (Wildman–Crippen MR) is 43.0 cm³/mol. The Morgan fingerprint density at radius 3 is 3.08 bits per heavy atom. The van der Waals surface area contributed by atoms with Gasteiger partial charge in [-0.1, -0.05) is 0 Å². The van der Waals surface area contributed by atoms with E-state index in [9.17, 15) is 0 Å². The highest BCUT2D eigenvalue weighted by Gasteiger charge is 2.28. The quantitative estimate of drug-likeness (QED) is 0.665. The Labute approximate surface area is 75.2 Å². The van der Waals surface area contributed by atoms with E-state index in [1.165, 1.54) is 0 Å². The van der Waals surface area contributed by atoms with Gasteiger partial charge in [-0.3, -0.25) is 0 Å². The highest BCUT2D eigenvalue weighted by Crippen LogP contribution is 2.27. The van der Waals surface area contributed by atoms with Crippen molar-refractivity contribution < 1.29 is 13.9 Å². The molecule has 1 aromatic heterocycles. The third-order valence-corrected chi connectivity index (χ3v) is 2.04. The van der Waals surface area contributed by atoms with Crippen LogP contribution in [0.1, 0.15) is 12.1 Å². The van der Waals surface area contributed by atoms with Crippen LogP contribution >= 0.6 is 11.6 Å². The third kappa shape index (κ3) is 1.48. The number of rotatable bonds is 2. The van der Waals surface area contributed by atoms with Gasteiger partial charge >= 0.3 is 0 Å². The van der Waals surface area contributed by atoms with Crippen molar-refractivity contribution in [2.24, 2.45) is 0 Å². The van der Waals surface area contributed by atoms with Gasteiger partial charge in [0.05, 0.1) is 24.9 Å². The molecule has 0 amide bonds. The van der Waals surface area contributed by atoms with Crippen LogP contribution in [0.3, 0.4) is 0 Å². The maximum atomic E-state index is 5.60. The van der Waals surface area contributed by atoms with Gasteiger partial charge < -0.3 is 13.9 Å². The van der Waals surface area contributed by atoms with Crippen LogP contribution in [0.4, 0.5) is 0 Å². The lowest BCUT2D eigenvalue weighted by atomic mass is 10.4. The fourth-order valence-corrected chi connectivity index (χ4v) is 1.27. The number of hydrogen-bond acceptors (Lipinski definition) is 3. The van der Waals surface area contributed by atoms with Crippen LogP contribution in [0.5, 0.6) is 0 Å². The van der Waals surface area contributed by atoms with Gasteiger partial charge in [0.15, 0.2) is 5.76 Å². The summed E-state index contributed by atoms with van der Waals surface area (Å²) in [6.07, 6.45) is 1.21. The minimum Gasteiger partial charge on any atom is -0.464 e. The topological polar surface area (TPSA) is 31.6 Å². The average Bonchev–Trinajstić information content (AvgIpc) is 2.75. The molecule has 3 nitrogen and oxygen atoms in total. The molecule has 2 rings (SSSR count). The molecule has 0 unspecified atom stereocenters. The van der Waals surface area contributed by atoms with E-state index in [1.54, 1.807) is 12.3 Å². The summed E-state index contributed by atoms with van der Waals surface area (Å²) >= 11 is 5.60. The lowest BCUT2D eigenvalue weighted by Crippen LogP contribution is -2.10. The molecular weight excluding hydrogens is 180 g/mol. The molecule has 0 N–H and O–H groups in total. The van der Waals surface area contributed by atoms with Crippen LogP contribution in [0.25, 0.3) is 0 Å². The van der Waals surface area contributed by atoms with Crippen molar-refractivity contribution in [1.29, 1.82) is 0 Å². The molecule has 0 radical (unpaired) electrons. The number of halogens is 1. The van der Waals surface area contributed by atoms with Crippen LogP contribution in [0.2, 0.25) is 0 Å². The largest absolute Gasteiger partial charge is 0.464 e. The summed E-state index contributed by atoms with van der Waals surface area (Å²) in [6.45, 7) is 0.537. The van der Waals surface area contributed by atoms with Crippen molar-refractivity contribution in [3.8, 4) is 0 Å². The average molecular weight is 189 g/mol. The Morgan fingerprint density at radius 2 is 2.50 bits per heavy atom. The van der Waals surface area contributed by atoms with E-state index in [0.29, 0.717) is 18.2 Å². The second-order valence-corrected chi connectivity index (χ2v) is 2.90. The van der Waals surface area contributed by atoms with Crippen molar-refractivity contribution in [3.05, 3.63) is 24.2 Å². The SMILES string of the molecule is ClC[C@H]1CO[C@@H](c2ccco2)O1. The van der Waals surface area contributed by atoms with Gasteiger partial charge in [0.1, 0.15) is 0 Å². The highest BCUT2D eigenvalue weighted by molar-refractivity contribution is 6.18. The Balaban J connectivity index is 2.00. The lowest BCUT2D eigenvalue weighted by molar-refractivity contribution is -0.0706. The Morgan fingerprint density at radius 1 is 1.58 bits per heavy atom. The summed E-state index contributed by atoms with van der Waals surface area (Å²) in [4.78, 5) is 0. The zero-order chi connectivity index (χ0) is 8.39. The molecule has 2 atom stereocenters. The van der Waals surface area contributed by atoms with Crippen molar-refractivity contribution in [1.82, 2.24) is 0 Å². The summed E-state index contributed by atoms with van der Waals surface area (Å²) in [5.74, 6) is 1.15.